The number of amides is 1. The molecule has 0 aliphatic carbocycles. The largest absolute Gasteiger partial charge is 0.322 e. The molecule has 0 spiro atoms. The van der Waals surface area contributed by atoms with E-state index in [1.54, 1.807) is 4.90 Å². The molecule has 86 valence electrons. The highest BCUT2D eigenvalue weighted by molar-refractivity contribution is 5.78. The molecule has 1 aliphatic rings. The SMILES string of the molecule is CC(C)C(=O)N1Cc2ccccc2CC1N. The smallest absolute Gasteiger partial charge is 0.226 e. The van der Waals surface area contributed by atoms with Gasteiger partial charge in [-0.3, -0.25) is 4.79 Å². The maximum Gasteiger partial charge on any atom is 0.226 e. The fourth-order valence-corrected chi connectivity index (χ4v) is 2.12. The molecular weight excluding hydrogens is 200 g/mol. The Balaban J connectivity index is 2.24. The average Bonchev–Trinajstić information content (AvgIpc) is 2.27. The topological polar surface area (TPSA) is 46.3 Å². The molecule has 2 rings (SSSR count). The molecule has 0 bridgehead atoms. The maximum atomic E-state index is 12.0. The number of nitrogens with zero attached hydrogens (tertiary/aromatic N) is 1. The quantitative estimate of drug-likeness (QED) is 0.776. The standard InChI is InChI=1S/C13H18N2O/c1-9(2)13(16)15-8-11-6-4-3-5-10(11)7-12(15)14/h3-6,9,12H,7-8,14H2,1-2H3. The van der Waals surface area contributed by atoms with Gasteiger partial charge in [0.25, 0.3) is 0 Å². The molecule has 0 saturated heterocycles. The fourth-order valence-electron chi connectivity index (χ4n) is 2.12. The molecule has 3 heteroatoms. The van der Waals surface area contributed by atoms with E-state index in [0.29, 0.717) is 6.54 Å². The van der Waals surface area contributed by atoms with Crippen molar-refractivity contribution in [2.45, 2.75) is 33.0 Å². The zero-order valence-corrected chi connectivity index (χ0v) is 9.81. The van der Waals surface area contributed by atoms with Crippen LogP contribution in [-0.4, -0.2) is 17.0 Å². The minimum absolute atomic E-state index is 0.0105. The lowest BCUT2D eigenvalue weighted by Crippen LogP contribution is -2.50. The Morgan fingerprint density at radius 2 is 2.00 bits per heavy atom. The van der Waals surface area contributed by atoms with Gasteiger partial charge in [-0.1, -0.05) is 38.1 Å². The number of carbonyl (C=O) groups is 1. The first-order valence-corrected chi connectivity index (χ1v) is 5.72. The van der Waals surface area contributed by atoms with Crippen LogP contribution in [0.25, 0.3) is 0 Å². The number of hydrogen-bond donors (Lipinski definition) is 1. The van der Waals surface area contributed by atoms with E-state index in [9.17, 15) is 4.79 Å². The van der Waals surface area contributed by atoms with Gasteiger partial charge < -0.3 is 10.6 Å². The van der Waals surface area contributed by atoms with Gasteiger partial charge in [0.15, 0.2) is 0 Å². The Bertz CT molecular complexity index is 401. The highest BCUT2D eigenvalue weighted by atomic mass is 16.2. The minimum Gasteiger partial charge on any atom is -0.322 e. The van der Waals surface area contributed by atoms with Crippen LogP contribution in [0.2, 0.25) is 0 Å². The van der Waals surface area contributed by atoms with Gasteiger partial charge in [-0.05, 0) is 11.1 Å². The van der Waals surface area contributed by atoms with E-state index < -0.39 is 0 Å². The normalized spacial score (nSPS) is 19.8. The van der Waals surface area contributed by atoms with Crippen LogP contribution >= 0.6 is 0 Å². The molecule has 1 atom stereocenters. The lowest BCUT2D eigenvalue weighted by Gasteiger charge is -2.35. The minimum atomic E-state index is -0.176. The van der Waals surface area contributed by atoms with Crippen LogP contribution in [0.3, 0.4) is 0 Å². The van der Waals surface area contributed by atoms with E-state index in [4.69, 9.17) is 5.73 Å². The second-order valence-corrected chi connectivity index (χ2v) is 4.66. The van der Waals surface area contributed by atoms with Gasteiger partial charge in [-0.25, -0.2) is 0 Å². The van der Waals surface area contributed by atoms with Gasteiger partial charge in [0.2, 0.25) is 5.91 Å². The van der Waals surface area contributed by atoms with E-state index >= 15 is 0 Å². The number of benzene rings is 1. The summed E-state index contributed by atoms with van der Waals surface area (Å²) in [7, 11) is 0. The molecule has 0 saturated carbocycles. The Morgan fingerprint density at radius 3 is 2.62 bits per heavy atom. The zero-order chi connectivity index (χ0) is 11.7. The molecule has 0 aromatic heterocycles. The van der Waals surface area contributed by atoms with Crippen LogP contribution in [0.1, 0.15) is 25.0 Å². The molecule has 2 N–H and O–H groups in total. The highest BCUT2D eigenvalue weighted by Crippen LogP contribution is 2.22. The summed E-state index contributed by atoms with van der Waals surface area (Å²) in [6.45, 7) is 4.47. The predicted molar refractivity (Wildman–Crippen MR) is 63.5 cm³/mol. The van der Waals surface area contributed by atoms with E-state index in [2.05, 4.69) is 12.1 Å². The third-order valence-electron chi connectivity index (χ3n) is 3.07. The molecule has 1 heterocycles. The van der Waals surface area contributed by atoms with E-state index in [-0.39, 0.29) is 18.0 Å². The summed E-state index contributed by atoms with van der Waals surface area (Å²) in [5.41, 5.74) is 8.52. The van der Waals surface area contributed by atoms with E-state index in [1.807, 2.05) is 26.0 Å². The van der Waals surface area contributed by atoms with Crippen LogP contribution in [0.5, 0.6) is 0 Å². The number of fused-ring (bicyclic) bond motifs is 1. The third-order valence-corrected chi connectivity index (χ3v) is 3.07. The molecule has 3 nitrogen and oxygen atoms in total. The summed E-state index contributed by atoms with van der Waals surface area (Å²) in [6.07, 6.45) is 0.582. The Morgan fingerprint density at radius 1 is 1.38 bits per heavy atom. The first-order valence-electron chi connectivity index (χ1n) is 5.72. The van der Waals surface area contributed by atoms with Crippen LogP contribution < -0.4 is 5.73 Å². The Labute approximate surface area is 96.2 Å². The Kier molecular flexibility index (Phi) is 2.97. The van der Waals surface area contributed by atoms with Crippen molar-refractivity contribution in [3.8, 4) is 0 Å². The molecule has 16 heavy (non-hydrogen) atoms. The number of nitrogens with two attached hydrogens (primary N) is 1. The second kappa shape index (κ2) is 4.26. The highest BCUT2D eigenvalue weighted by Gasteiger charge is 2.27. The Hall–Kier alpha value is -1.35. The average molecular weight is 218 g/mol. The van der Waals surface area contributed by atoms with Crippen molar-refractivity contribution < 1.29 is 4.79 Å². The molecule has 0 radical (unpaired) electrons. The summed E-state index contributed by atoms with van der Waals surface area (Å²) in [5.74, 6) is 0.151. The third kappa shape index (κ3) is 1.95. The fraction of sp³-hybridized carbons (Fsp3) is 0.462. The van der Waals surface area contributed by atoms with Gasteiger partial charge in [-0.15, -0.1) is 0 Å². The van der Waals surface area contributed by atoms with Crippen molar-refractivity contribution in [1.82, 2.24) is 4.90 Å². The summed E-state index contributed by atoms with van der Waals surface area (Å²) in [4.78, 5) is 13.7. The number of rotatable bonds is 1. The van der Waals surface area contributed by atoms with Crippen LogP contribution in [0.4, 0.5) is 0 Å². The summed E-state index contributed by atoms with van der Waals surface area (Å²) >= 11 is 0. The number of hydrogen-bond acceptors (Lipinski definition) is 2. The van der Waals surface area contributed by atoms with Gasteiger partial charge in [-0.2, -0.15) is 0 Å². The summed E-state index contributed by atoms with van der Waals surface area (Å²) in [5, 5.41) is 0. The molecule has 1 amide bonds. The van der Waals surface area contributed by atoms with Crippen molar-refractivity contribution in [3.05, 3.63) is 35.4 Å². The monoisotopic (exact) mass is 218 g/mol. The first kappa shape index (κ1) is 11.1. The maximum absolute atomic E-state index is 12.0. The molecule has 0 fully saturated rings. The van der Waals surface area contributed by atoms with E-state index in [1.165, 1.54) is 11.1 Å². The van der Waals surface area contributed by atoms with E-state index in [0.717, 1.165) is 6.42 Å². The number of carbonyl (C=O) groups excluding carboxylic acids is 1. The summed E-state index contributed by atoms with van der Waals surface area (Å²) in [6, 6.07) is 8.19. The van der Waals surface area contributed by atoms with Gasteiger partial charge in [0.1, 0.15) is 0 Å². The molecular formula is C13H18N2O. The molecule has 1 aliphatic heterocycles. The lowest BCUT2D eigenvalue weighted by molar-refractivity contribution is -0.137. The van der Waals surface area contributed by atoms with Crippen molar-refractivity contribution in [2.24, 2.45) is 11.7 Å². The molecule has 1 aromatic carbocycles. The van der Waals surface area contributed by atoms with Crippen LogP contribution in [0, 0.1) is 5.92 Å². The lowest BCUT2D eigenvalue weighted by atomic mass is 9.97. The van der Waals surface area contributed by atoms with Gasteiger partial charge >= 0.3 is 0 Å². The van der Waals surface area contributed by atoms with Crippen LogP contribution in [0.15, 0.2) is 24.3 Å². The van der Waals surface area contributed by atoms with Gasteiger partial charge in [0, 0.05) is 18.9 Å². The van der Waals surface area contributed by atoms with Crippen molar-refractivity contribution in [2.75, 3.05) is 0 Å². The molecule has 1 aromatic rings. The second-order valence-electron chi connectivity index (χ2n) is 4.66. The van der Waals surface area contributed by atoms with Crippen molar-refractivity contribution >= 4 is 5.91 Å². The summed E-state index contributed by atoms with van der Waals surface area (Å²) < 4.78 is 0. The first-order chi connectivity index (χ1) is 7.59. The zero-order valence-electron chi connectivity index (χ0n) is 9.81. The molecule has 1 unspecified atom stereocenters. The van der Waals surface area contributed by atoms with Crippen LogP contribution in [-0.2, 0) is 17.8 Å². The van der Waals surface area contributed by atoms with Gasteiger partial charge in [0.05, 0.1) is 6.17 Å². The van der Waals surface area contributed by atoms with Crippen molar-refractivity contribution in [1.29, 1.82) is 0 Å². The predicted octanol–water partition coefficient (Wildman–Crippen LogP) is 1.51. The van der Waals surface area contributed by atoms with Crippen molar-refractivity contribution in [3.63, 3.8) is 0 Å².